The third-order valence-electron chi connectivity index (χ3n) is 13.6. The third-order valence-corrected chi connectivity index (χ3v) is 15.9. The molecule has 2 aliphatic rings. The molecule has 0 fully saturated rings. The molecule has 0 unspecified atom stereocenters. The smallest absolute Gasteiger partial charge is 0.0736 e. The molecule has 0 N–H and O–H groups in total. The SMILES string of the molecule is c1ccc(N(c2ccc3c(c2)C2(c4ccccc4Sc4ccccc42)c2cccc4cccc-3c24)c2ccc3c4ccccc4n(-c4ccc5sc6ccccc6c5c4)c3c2)cc1. The Morgan fingerprint density at radius 1 is 0.381 bits per heavy atom. The lowest BCUT2D eigenvalue weighted by Gasteiger charge is -2.46. The number of fused-ring (bicyclic) bond motifs is 14. The van der Waals surface area contributed by atoms with E-state index in [1.807, 2.05) is 23.1 Å². The maximum atomic E-state index is 2.51. The van der Waals surface area contributed by atoms with Crippen molar-refractivity contribution in [2.75, 3.05) is 4.90 Å². The highest BCUT2D eigenvalue weighted by molar-refractivity contribution is 7.99. The predicted molar refractivity (Wildman–Crippen MR) is 267 cm³/mol. The molecule has 1 spiro atoms. The lowest BCUT2D eigenvalue weighted by molar-refractivity contribution is 0.707. The molecule has 0 radical (unpaired) electrons. The van der Waals surface area contributed by atoms with Crippen molar-refractivity contribution in [1.82, 2.24) is 4.57 Å². The molecular weight excluding hydrogens is 801 g/mol. The van der Waals surface area contributed by atoms with Gasteiger partial charge in [-0.25, -0.2) is 0 Å². The standard InChI is InChI=1S/C59H36N2S2/c1-2-16-38(17-3-1)60(41-29-32-44-43-18-4-8-24-52(43)61(53(44)36-41)39-30-33-55-47(34-39)45-19-5-9-25-54(45)62-55)40-28-31-42-46-20-12-14-37-15-13-23-50(58(37)46)59(51(42)35-40)48-21-6-10-26-56(48)63-57-27-11-7-22-49(57)59/h1-36H. The second-order valence-corrected chi connectivity index (χ2v) is 19.0. The van der Waals surface area contributed by atoms with Crippen LogP contribution >= 0.6 is 23.1 Å². The summed E-state index contributed by atoms with van der Waals surface area (Å²) in [6.45, 7) is 0. The Balaban J connectivity index is 1.05. The molecule has 12 aromatic rings. The van der Waals surface area contributed by atoms with Gasteiger partial charge in [0.2, 0.25) is 0 Å². The fourth-order valence-electron chi connectivity index (χ4n) is 11.1. The second-order valence-electron chi connectivity index (χ2n) is 16.8. The molecular formula is C59H36N2S2. The molecule has 0 saturated heterocycles. The lowest BCUT2D eigenvalue weighted by Crippen LogP contribution is -2.36. The average Bonchev–Trinajstić information content (AvgIpc) is 3.88. The van der Waals surface area contributed by atoms with Crippen LogP contribution in [0.2, 0.25) is 0 Å². The van der Waals surface area contributed by atoms with E-state index in [9.17, 15) is 0 Å². The van der Waals surface area contributed by atoms with Crippen molar-refractivity contribution < 1.29 is 0 Å². The first kappa shape index (κ1) is 35.2. The van der Waals surface area contributed by atoms with Crippen LogP contribution in [-0.4, -0.2) is 4.57 Å². The summed E-state index contributed by atoms with van der Waals surface area (Å²) >= 11 is 3.76. The maximum absolute atomic E-state index is 2.51. The van der Waals surface area contributed by atoms with Crippen molar-refractivity contribution in [3.8, 4) is 16.8 Å². The fourth-order valence-corrected chi connectivity index (χ4v) is 13.3. The highest BCUT2D eigenvalue weighted by atomic mass is 32.2. The van der Waals surface area contributed by atoms with Crippen LogP contribution in [0, 0.1) is 0 Å². The van der Waals surface area contributed by atoms with Gasteiger partial charge in [-0.2, -0.15) is 0 Å². The first-order valence-electron chi connectivity index (χ1n) is 21.6. The quantitative estimate of drug-likeness (QED) is 0.174. The largest absolute Gasteiger partial charge is 0.310 e. The molecule has 294 valence electrons. The first-order chi connectivity index (χ1) is 31.2. The van der Waals surface area contributed by atoms with Crippen LogP contribution in [0.1, 0.15) is 22.3 Å². The predicted octanol–water partition coefficient (Wildman–Crippen LogP) is 16.6. The van der Waals surface area contributed by atoms with E-state index in [-0.39, 0.29) is 0 Å². The van der Waals surface area contributed by atoms with Crippen LogP contribution in [0.5, 0.6) is 0 Å². The van der Waals surface area contributed by atoms with Crippen LogP contribution in [0.4, 0.5) is 17.1 Å². The van der Waals surface area contributed by atoms with E-state index in [0.717, 1.165) is 22.7 Å². The summed E-state index contributed by atoms with van der Waals surface area (Å²) < 4.78 is 5.09. The van der Waals surface area contributed by atoms with Gasteiger partial charge >= 0.3 is 0 Å². The Morgan fingerprint density at radius 2 is 1.03 bits per heavy atom. The molecule has 0 atom stereocenters. The molecule has 10 aromatic carbocycles. The summed E-state index contributed by atoms with van der Waals surface area (Å²) in [5.74, 6) is 0. The number of benzene rings is 10. The number of rotatable bonds is 4. The van der Waals surface area contributed by atoms with Crippen LogP contribution in [0.3, 0.4) is 0 Å². The first-order valence-corrected chi connectivity index (χ1v) is 23.2. The molecule has 3 heterocycles. The van der Waals surface area contributed by atoms with E-state index >= 15 is 0 Å². The van der Waals surface area contributed by atoms with Gasteiger partial charge in [-0.1, -0.05) is 151 Å². The Labute approximate surface area is 372 Å². The summed E-state index contributed by atoms with van der Waals surface area (Å²) in [4.78, 5) is 5.06. The Bertz CT molecular complexity index is 3810. The van der Waals surface area contributed by atoms with E-state index in [4.69, 9.17) is 0 Å². The number of aromatic nitrogens is 1. The molecule has 1 aliphatic carbocycles. The van der Waals surface area contributed by atoms with Crippen molar-refractivity contribution >= 4 is 92.9 Å². The number of hydrogen-bond acceptors (Lipinski definition) is 3. The summed E-state index contributed by atoms with van der Waals surface area (Å²) in [7, 11) is 0. The minimum atomic E-state index is -0.541. The molecule has 0 bridgehead atoms. The minimum Gasteiger partial charge on any atom is -0.310 e. The summed E-state index contributed by atoms with van der Waals surface area (Å²) in [5, 5.41) is 7.70. The number of thiophene rings is 1. The topological polar surface area (TPSA) is 8.17 Å². The number of hydrogen-bond donors (Lipinski definition) is 0. The minimum absolute atomic E-state index is 0.541. The van der Waals surface area contributed by atoms with Crippen molar-refractivity contribution in [3.05, 3.63) is 241 Å². The molecule has 63 heavy (non-hydrogen) atoms. The van der Waals surface area contributed by atoms with Crippen LogP contribution in [0.15, 0.2) is 228 Å². The van der Waals surface area contributed by atoms with Crippen molar-refractivity contribution in [2.24, 2.45) is 0 Å². The highest BCUT2D eigenvalue weighted by Gasteiger charge is 2.48. The molecule has 14 rings (SSSR count). The maximum Gasteiger partial charge on any atom is 0.0736 e. The van der Waals surface area contributed by atoms with Gasteiger partial charge in [-0.05, 0) is 123 Å². The van der Waals surface area contributed by atoms with E-state index in [0.29, 0.717) is 0 Å². The average molecular weight is 837 g/mol. The molecule has 4 heteroatoms. The molecule has 2 nitrogen and oxygen atoms in total. The summed E-state index contributed by atoms with van der Waals surface area (Å²) in [6, 6.07) is 81.8. The zero-order chi connectivity index (χ0) is 41.2. The molecule has 0 amide bonds. The van der Waals surface area contributed by atoms with E-state index in [2.05, 4.69) is 228 Å². The van der Waals surface area contributed by atoms with E-state index < -0.39 is 5.41 Å². The van der Waals surface area contributed by atoms with E-state index in [1.165, 1.54) is 95.9 Å². The van der Waals surface area contributed by atoms with Gasteiger partial charge in [0.1, 0.15) is 0 Å². The lowest BCUT2D eigenvalue weighted by atomic mass is 9.59. The Kier molecular flexibility index (Phi) is 7.45. The zero-order valence-corrected chi connectivity index (χ0v) is 35.6. The van der Waals surface area contributed by atoms with Gasteiger partial charge in [0.05, 0.1) is 16.4 Å². The number of nitrogens with zero attached hydrogens (tertiary/aromatic N) is 2. The molecule has 1 aliphatic heterocycles. The number of para-hydroxylation sites is 2. The van der Waals surface area contributed by atoms with Crippen LogP contribution in [-0.2, 0) is 5.41 Å². The van der Waals surface area contributed by atoms with Crippen molar-refractivity contribution in [2.45, 2.75) is 15.2 Å². The summed E-state index contributed by atoms with van der Waals surface area (Å²) in [6.07, 6.45) is 0. The second kappa shape index (κ2) is 13.3. The third kappa shape index (κ3) is 4.91. The van der Waals surface area contributed by atoms with Crippen LogP contribution in [0.25, 0.3) is 69.6 Å². The normalized spacial score (nSPS) is 13.5. The monoisotopic (exact) mass is 836 g/mol. The Morgan fingerprint density at radius 3 is 1.87 bits per heavy atom. The van der Waals surface area contributed by atoms with Gasteiger partial charge in [-0.15, -0.1) is 11.3 Å². The van der Waals surface area contributed by atoms with Gasteiger partial charge < -0.3 is 9.47 Å². The highest BCUT2D eigenvalue weighted by Crippen LogP contribution is 2.62. The molecule has 0 saturated carbocycles. The molecule has 2 aromatic heterocycles. The fraction of sp³-hybridized carbons (Fsp3) is 0.0169. The van der Waals surface area contributed by atoms with Gasteiger partial charge in [-0.3, -0.25) is 0 Å². The van der Waals surface area contributed by atoms with Crippen molar-refractivity contribution in [1.29, 1.82) is 0 Å². The zero-order valence-electron chi connectivity index (χ0n) is 34.0. The van der Waals surface area contributed by atoms with Gasteiger partial charge in [0, 0.05) is 63.5 Å². The number of anilines is 3. The Hall–Kier alpha value is -7.37. The summed E-state index contributed by atoms with van der Waals surface area (Å²) in [5.41, 5.74) is 14.2. The van der Waals surface area contributed by atoms with Gasteiger partial charge in [0.25, 0.3) is 0 Å². The van der Waals surface area contributed by atoms with E-state index in [1.54, 1.807) is 0 Å². The van der Waals surface area contributed by atoms with Gasteiger partial charge in [0.15, 0.2) is 0 Å². The van der Waals surface area contributed by atoms with Crippen LogP contribution < -0.4 is 4.90 Å². The van der Waals surface area contributed by atoms with Crippen molar-refractivity contribution in [3.63, 3.8) is 0 Å².